The van der Waals surface area contributed by atoms with Crippen LogP contribution in [-0.4, -0.2) is 31.5 Å². The molecule has 3 nitrogen and oxygen atoms in total. The molecule has 0 fully saturated rings. The highest BCUT2D eigenvalue weighted by molar-refractivity contribution is 9.11. The lowest BCUT2D eigenvalue weighted by Crippen LogP contribution is -2.09. The molecule has 0 amide bonds. The summed E-state index contributed by atoms with van der Waals surface area (Å²) in [5.41, 5.74) is 0. The Bertz CT molecular complexity index is 305. The Hall–Kier alpha value is -0.100. The first kappa shape index (κ1) is 13.0. The number of aliphatic hydroxyl groups excluding tert-OH is 1. The molecule has 0 aromatic heterocycles. The van der Waals surface area contributed by atoms with Gasteiger partial charge in [0.15, 0.2) is 0 Å². The van der Waals surface area contributed by atoms with Crippen molar-refractivity contribution in [2.45, 2.75) is 0 Å². The maximum atomic E-state index is 8.48. The Balaban J connectivity index is 2.31. The molecule has 0 atom stereocenters. The number of hydrogen-bond donors (Lipinski definition) is 1. The van der Waals surface area contributed by atoms with Gasteiger partial charge in [-0.25, -0.2) is 0 Å². The molecule has 1 aromatic carbocycles. The fourth-order valence-corrected chi connectivity index (χ4v) is 2.13. The van der Waals surface area contributed by atoms with Crippen molar-refractivity contribution in [3.63, 3.8) is 0 Å². The van der Waals surface area contributed by atoms with Crippen LogP contribution in [0.2, 0.25) is 0 Å². The van der Waals surface area contributed by atoms with Gasteiger partial charge in [-0.2, -0.15) is 0 Å². The molecule has 0 aliphatic heterocycles. The smallest absolute Gasteiger partial charge is 0.133 e. The predicted octanol–water partition coefficient (Wildman–Crippen LogP) is 2.60. The molecule has 1 aromatic rings. The maximum Gasteiger partial charge on any atom is 0.133 e. The molecule has 1 N–H and O–H groups in total. The summed E-state index contributed by atoms with van der Waals surface area (Å²) in [6, 6.07) is 5.71. The van der Waals surface area contributed by atoms with E-state index in [0.29, 0.717) is 19.8 Å². The Morgan fingerprint density at radius 3 is 2.60 bits per heavy atom. The Morgan fingerprint density at radius 1 is 1.13 bits per heavy atom. The second kappa shape index (κ2) is 7.22. The second-order valence-corrected chi connectivity index (χ2v) is 4.53. The normalized spacial score (nSPS) is 10.3. The first-order valence-corrected chi connectivity index (χ1v) is 6.09. The molecule has 0 unspecified atom stereocenters. The van der Waals surface area contributed by atoms with E-state index >= 15 is 0 Å². The van der Waals surface area contributed by atoms with Crippen LogP contribution >= 0.6 is 31.9 Å². The van der Waals surface area contributed by atoms with Crippen LogP contribution in [0.4, 0.5) is 0 Å². The van der Waals surface area contributed by atoms with Gasteiger partial charge >= 0.3 is 0 Å². The zero-order valence-electron chi connectivity index (χ0n) is 8.08. The maximum absolute atomic E-state index is 8.48. The van der Waals surface area contributed by atoms with Gasteiger partial charge in [0.05, 0.1) is 24.3 Å². The fourth-order valence-electron chi connectivity index (χ4n) is 0.969. The number of rotatable bonds is 6. The number of hydrogen-bond acceptors (Lipinski definition) is 3. The van der Waals surface area contributed by atoms with E-state index in [2.05, 4.69) is 31.9 Å². The van der Waals surface area contributed by atoms with Crippen molar-refractivity contribution >= 4 is 31.9 Å². The monoisotopic (exact) mass is 338 g/mol. The van der Waals surface area contributed by atoms with Gasteiger partial charge in [-0.15, -0.1) is 0 Å². The van der Waals surface area contributed by atoms with Crippen LogP contribution in [-0.2, 0) is 4.74 Å². The lowest BCUT2D eigenvalue weighted by Gasteiger charge is -2.08. The summed E-state index contributed by atoms with van der Waals surface area (Å²) >= 11 is 6.75. The van der Waals surface area contributed by atoms with Gasteiger partial charge < -0.3 is 14.6 Å². The molecule has 0 radical (unpaired) electrons. The average Bonchev–Trinajstić information content (AvgIpc) is 2.20. The first-order chi connectivity index (χ1) is 7.24. The van der Waals surface area contributed by atoms with Crippen LogP contribution < -0.4 is 4.74 Å². The van der Waals surface area contributed by atoms with Crippen LogP contribution in [0, 0.1) is 0 Å². The minimum absolute atomic E-state index is 0.0436. The van der Waals surface area contributed by atoms with Gasteiger partial charge in [0.25, 0.3) is 0 Å². The molecule has 0 saturated heterocycles. The third kappa shape index (κ3) is 4.97. The lowest BCUT2D eigenvalue weighted by atomic mass is 10.3. The summed E-state index contributed by atoms with van der Waals surface area (Å²) in [5.74, 6) is 0.783. The topological polar surface area (TPSA) is 38.7 Å². The average molecular weight is 340 g/mol. The summed E-state index contributed by atoms with van der Waals surface area (Å²) in [5, 5.41) is 8.48. The molecule has 84 valence electrons. The van der Waals surface area contributed by atoms with E-state index in [-0.39, 0.29) is 6.61 Å². The quantitative estimate of drug-likeness (QED) is 0.810. The lowest BCUT2D eigenvalue weighted by molar-refractivity contribution is 0.0703. The van der Waals surface area contributed by atoms with E-state index in [1.807, 2.05) is 18.2 Å². The summed E-state index contributed by atoms with van der Waals surface area (Å²) in [6.45, 7) is 1.34. The number of aliphatic hydroxyl groups is 1. The molecule has 5 heteroatoms. The third-order valence-electron chi connectivity index (χ3n) is 1.61. The molecule has 0 aliphatic carbocycles. The van der Waals surface area contributed by atoms with Crippen molar-refractivity contribution in [1.29, 1.82) is 0 Å². The summed E-state index contributed by atoms with van der Waals surface area (Å²) in [4.78, 5) is 0. The minimum atomic E-state index is 0.0436. The van der Waals surface area contributed by atoms with Crippen LogP contribution in [0.5, 0.6) is 5.75 Å². The largest absolute Gasteiger partial charge is 0.490 e. The van der Waals surface area contributed by atoms with Crippen LogP contribution in [0.25, 0.3) is 0 Å². The molecule has 0 aliphatic rings. The Labute approximate surface area is 106 Å². The van der Waals surface area contributed by atoms with E-state index in [1.165, 1.54) is 0 Å². The van der Waals surface area contributed by atoms with Crippen molar-refractivity contribution in [2.75, 3.05) is 26.4 Å². The summed E-state index contributed by atoms with van der Waals surface area (Å²) < 4.78 is 12.4. The van der Waals surface area contributed by atoms with Crippen molar-refractivity contribution in [3.8, 4) is 5.75 Å². The summed E-state index contributed by atoms with van der Waals surface area (Å²) in [6.07, 6.45) is 0. The van der Waals surface area contributed by atoms with Crippen LogP contribution in [0.15, 0.2) is 27.1 Å². The molecule has 15 heavy (non-hydrogen) atoms. The molecule has 0 saturated carbocycles. The highest BCUT2D eigenvalue weighted by atomic mass is 79.9. The number of ether oxygens (including phenoxy) is 2. The second-order valence-electron chi connectivity index (χ2n) is 2.76. The van der Waals surface area contributed by atoms with Gasteiger partial charge in [0.1, 0.15) is 12.4 Å². The Kier molecular flexibility index (Phi) is 6.24. The van der Waals surface area contributed by atoms with E-state index in [0.717, 1.165) is 14.7 Å². The van der Waals surface area contributed by atoms with Gasteiger partial charge in [0.2, 0.25) is 0 Å². The zero-order chi connectivity index (χ0) is 11.1. The fraction of sp³-hybridized carbons (Fsp3) is 0.400. The summed E-state index contributed by atoms with van der Waals surface area (Å²) in [7, 11) is 0. The minimum Gasteiger partial charge on any atom is -0.490 e. The molecule has 0 heterocycles. The van der Waals surface area contributed by atoms with E-state index in [4.69, 9.17) is 14.6 Å². The molecular weight excluding hydrogens is 328 g/mol. The predicted molar refractivity (Wildman–Crippen MR) is 65.2 cm³/mol. The number of halogens is 2. The van der Waals surface area contributed by atoms with Crippen molar-refractivity contribution < 1.29 is 14.6 Å². The van der Waals surface area contributed by atoms with Crippen LogP contribution in [0.3, 0.4) is 0 Å². The highest BCUT2D eigenvalue weighted by Crippen LogP contribution is 2.27. The molecule has 0 spiro atoms. The van der Waals surface area contributed by atoms with Gasteiger partial charge in [-0.3, -0.25) is 0 Å². The zero-order valence-corrected chi connectivity index (χ0v) is 11.3. The number of benzene rings is 1. The van der Waals surface area contributed by atoms with Crippen molar-refractivity contribution in [1.82, 2.24) is 0 Å². The van der Waals surface area contributed by atoms with Gasteiger partial charge in [-0.1, -0.05) is 15.9 Å². The van der Waals surface area contributed by atoms with Crippen molar-refractivity contribution in [2.24, 2.45) is 0 Å². The standard InChI is InChI=1S/C10H12Br2O3/c11-8-1-2-10(9(12)7-8)15-6-5-14-4-3-13/h1-2,7,13H,3-6H2. The van der Waals surface area contributed by atoms with Crippen molar-refractivity contribution in [3.05, 3.63) is 27.1 Å². The van der Waals surface area contributed by atoms with Crippen LogP contribution in [0.1, 0.15) is 0 Å². The van der Waals surface area contributed by atoms with Gasteiger partial charge in [0, 0.05) is 4.47 Å². The van der Waals surface area contributed by atoms with Gasteiger partial charge in [-0.05, 0) is 34.1 Å². The van der Waals surface area contributed by atoms with E-state index in [9.17, 15) is 0 Å². The Morgan fingerprint density at radius 2 is 1.93 bits per heavy atom. The van der Waals surface area contributed by atoms with E-state index in [1.54, 1.807) is 0 Å². The molecular formula is C10H12Br2O3. The first-order valence-electron chi connectivity index (χ1n) is 4.50. The molecule has 1 rings (SSSR count). The SMILES string of the molecule is OCCOCCOc1ccc(Br)cc1Br. The molecule has 0 bridgehead atoms. The third-order valence-corrected chi connectivity index (χ3v) is 2.73. The highest BCUT2D eigenvalue weighted by Gasteiger charge is 2.00. The van der Waals surface area contributed by atoms with E-state index < -0.39 is 0 Å².